The van der Waals surface area contributed by atoms with Crippen LogP contribution in [-0.4, -0.2) is 42.4 Å². The SMILES string of the molecule is Cl.O=C(NC1CCCNC1)c1ccc(CN2CCCC2=O)cc1. The van der Waals surface area contributed by atoms with Gasteiger partial charge < -0.3 is 15.5 Å². The molecule has 1 aromatic carbocycles. The van der Waals surface area contributed by atoms with Gasteiger partial charge in [0.25, 0.3) is 5.91 Å². The molecule has 6 heteroatoms. The van der Waals surface area contributed by atoms with Gasteiger partial charge in [0.2, 0.25) is 5.91 Å². The van der Waals surface area contributed by atoms with E-state index in [9.17, 15) is 9.59 Å². The smallest absolute Gasteiger partial charge is 0.251 e. The van der Waals surface area contributed by atoms with Crippen LogP contribution >= 0.6 is 12.4 Å². The highest BCUT2D eigenvalue weighted by atomic mass is 35.5. The number of carbonyl (C=O) groups is 2. The maximum absolute atomic E-state index is 12.2. The van der Waals surface area contributed by atoms with Gasteiger partial charge in [0.05, 0.1) is 0 Å². The minimum Gasteiger partial charge on any atom is -0.348 e. The Morgan fingerprint density at radius 3 is 2.65 bits per heavy atom. The van der Waals surface area contributed by atoms with Crippen LogP contribution in [0.15, 0.2) is 24.3 Å². The maximum atomic E-state index is 12.2. The zero-order valence-corrected chi connectivity index (χ0v) is 14.0. The van der Waals surface area contributed by atoms with Crippen LogP contribution in [0.4, 0.5) is 0 Å². The summed E-state index contributed by atoms with van der Waals surface area (Å²) in [4.78, 5) is 25.7. The van der Waals surface area contributed by atoms with Crippen LogP contribution < -0.4 is 10.6 Å². The fourth-order valence-corrected chi connectivity index (χ4v) is 3.10. The summed E-state index contributed by atoms with van der Waals surface area (Å²) >= 11 is 0. The van der Waals surface area contributed by atoms with Crippen molar-refractivity contribution < 1.29 is 9.59 Å². The number of carbonyl (C=O) groups excluding carboxylic acids is 2. The zero-order valence-electron chi connectivity index (χ0n) is 13.2. The number of amides is 2. The highest BCUT2D eigenvalue weighted by molar-refractivity contribution is 5.94. The van der Waals surface area contributed by atoms with Crippen LogP contribution in [0.1, 0.15) is 41.6 Å². The summed E-state index contributed by atoms with van der Waals surface area (Å²) < 4.78 is 0. The third kappa shape index (κ3) is 4.69. The van der Waals surface area contributed by atoms with E-state index in [1.165, 1.54) is 0 Å². The first kappa shape index (κ1) is 17.8. The maximum Gasteiger partial charge on any atom is 0.251 e. The van der Waals surface area contributed by atoms with Gasteiger partial charge >= 0.3 is 0 Å². The highest BCUT2D eigenvalue weighted by Crippen LogP contribution is 2.15. The summed E-state index contributed by atoms with van der Waals surface area (Å²) in [5, 5.41) is 6.36. The van der Waals surface area contributed by atoms with E-state index in [4.69, 9.17) is 0 Å². The van der Waals surface area contributed by atoms with E-state index in [1.807, 2.05) is 29.2 Å². The number of hydrogen-bond acceptors (Lipinski definition) is 3. The number of halogens is 1. The van der Waals surface area contributed by atoms with Crippen LogP contribution in [0.2, 0.25) is 0 Å². The van der Waals surface area contributed by atoms with Crippen molar-refractivity contribution in [2.24, 2.45) is 0 Å². The molecule has 126 valence electrons. The average Bonchev–Trinajstić information content (AvgIpc) is 2.94. The molecule has 0 bridgehead atoms. The molecule has 2 fully saturated rings. The second kappa shape index (κ2) is 8.31. The summed E-state index contributed by atoms with van der Waals surface area (Å²) in [5.41, 5.74) is 1.76. The van der Waals surface area contributed by atoms with Crippen molar-refractivity contribution >= 4 is 24.2 Å². The largest absolute Gasteiger partial charge is 0.348 e. The van der Waals surface area contributed by atoms with Gasteiger partial charge in [-0.15, -0.1) is 12.4 Å². The Bertz CT molecular complexity index is 541. The Balaban J connectivity index is 0.00000192. The predicted octanol–water partition coefficient (Wildman–Crippen LogP) is 1.71. The standard InChI is InChI=1S/C17H23N3O2.ClH/c21-16-4-2-10-20(16)12-13-5-7-14(8-6-13)17(22)19-15-3-1-9-18-11-15;/h5-8,15,18H,1-4,9-12H2,(H,19,22);1H. The Morgan fingerprint density at radius 2 is 2.04 bits per heavy atom. The summed E-state index contributed by atoms with van der Waals surface area (Å²) in [6.07, 6.45) is 3.76. The van der Waals surface area contributed by atoms with Crippen molar-refractivity contribution in [3.05, 3.63) is 35.4 Å². The van der Waals surface area contributed by atoms with E-state index < -0.39 is 0 Å². The molecule has 0 radical (unpaired) electrons. The van der Waals surface area contributed by atoms with Gasteiger partial charge in [-0.1, -0.05) is 12.1 Å². The minimum atomic E-state index is -0.0162. The molecular formula is C17H24ClN3O2. The van der Waals surface area contributed by atoms with Crippen LogP contribution in [0, 0.1) is 0 Å². The molecule has 0 aliphatic carbocycles. The lowest BCUT2D eigenvalue weighted by Crippen LogP contribution is -2.45. The molecule has 3 rings (SSSR count). The monoisotopic (exact) mass is 337 g/mol. The Hall–Kier alpha value is -1.59. The number of piperidine rings is 1. The summed E-state index contributed by atoms with van der Waals surface area (Å²) in [5.74, 6) is 0.212. The predicted molar refractivity (Wildman–Crippen MR) is 91.7 cm³/mol. The molecule has 2 N–H and O–H groups in total. The van der Waals surface area contributed by atoms with Gasteiger partial charge in [0.15, 0.2) is 0 Å². The lowest BCUT2D eigenvalue weighted by atomic mass is 10.1. The highest BCUT2D eigenvalue weighted by Gasteiger charge is 2.20. The third-order valence-electron chi connectivity index (χ3n) is 4.39. The van der Waals surface area contributed by atoms with Crippen LogP contribution in [0.5, 0.6) is 0 Å². The first-order chi connectivity index (χ1) is 10.7. The molecular weight excluding hydrogens is 314 g/mol. The average molecular weight is 338 g/mol. The Kier molecular flexibility index (Phi) is 6.42. The first-order valence-electron chi connectivity index (χ1n) is 8.11. The molecule has 1 unspecified atom stereocenters. The van der Waals surface area contributed by atoms with Gasteiger partial charge in [-0.05, 0) is 43.5 Å². The van der Waals surface area contributed by atoms with Gasteiger partial charge in [0, 0.05) is 37.7 Å². The van der Waals surface area contributed by atoms with Gasteiger partial charge in [0.1, 0.15) is 0 Å². The van der Waals surface area contributed by atoms with Crippen LogP contribution in [-0.2, 0) is 11.3 Å². The topological polar surface area (TPSA) is 61.4 Å². The molecule has 2 saturated heterocycles. The van der Waals surface area contributed by atoms with E-state index in [-0.39, 0.29) is 30.3 Å². The van der Waals surface area contributed by atoms with E-state index in [0.717, 1.165) is 44.5 Å². The molecule has 1 aromatic rings. The van der Waals surface area contributed by atoms with Crippen molar-refractivity contribution in [2.45, 2.75) is 38.3 Å². The van der Waals surface area contributed by atoms with Gasteiger partial charge in [-0.2, -0.15) is 0 Å². The first-order valence-corrected chi connectivity index (χ1v) is 8.11. The second-order valence-electron chi connectivity index (χ2n) is 6.13. The molecule has 2 aliphatic rings. The number of hydrogen-bond donors (Lipinski definition) is 2. The molecule has 2 amide bonds. The Morgan fingerprint density at radius 1 is 1.26 bits per heavy atom. The number of nitrogens with one attached hydrogen (secondary N) is 2. The quantitative estimate of drug-likeness (QED) is 0.879. The van der Waals surface area contributed by atoms with E-state index in [0.29, 0.717) is 18.5 Å². The molecule has 5 nitrogen and oxygen atoms in total. The molecule has 0 aromatic heterocycles. The molecule has 0 saturated carbocycles. The van der Waals surface area contributed by atoms with Crippen LogP contribution in [0.25, 0.3) is 0 Å². The molecule has 2 aliphatic heterocycles. The second-order valence-corrected chi connectivity index (χ2v) is 6.13. The van der Waals surface area contributed by atoms with Crippen LogP contribution in [0.3, 0.4) is 0 Å². The van der Waals surface area contributed by atoms with Crippen molar-refractivity contribution in [3.63, 3.8) is 0 Å². The van der Waals surface area contributed by atoms with Crippen molar-refractivity contribution in [1.29, 1.82) is 0 Å². The van der Waals surface area contributed by atoms with Crippen molar-refractivity contribution in [2.75, 3.05) is 19.6 Å². The van der Waals surface area contributed by atoms with E-state index in [2.05, 4.69) is 10.6 Å². The lowest BCUT2D eigenvalue weighted by Gasteiger charge is -2.23. The van der Waals surface area contributed by atoms with Gasteiger partial charge in [-0.3, -0.25) is 9.59 Å². The van der Waals surface area contributed by atoms with E-state index in [1.54, 1.807) is 0 Å². The normalized spacial score (nSPS) is 21.0. The lowest BCUT2D eigenvalue weighted by molar-refractivity contribution is -0.128. The minimum absolute atomic E-state index is 0. The van der Waals surface area contributed by atoms with Crippen molar-refractivity contribution in [1.82, 2.24) is 15.5 Å². The third-order valence-corrected chi connectivity index (χ3v) is 4.39. The fourth-order valence-electron chi connectivity index (χ4n) is 3.10. The number of likely N-dealkylation sites (tertiary alicyclic amines) is 1. The Labute approximate surface area is 143 Å². The summed E-state index contributed by atoms with van der Waals surface area (Å²) in [6, 6.07) is 7.81. The molecule has 1 atom stereocenters. The summed E-state index contributed by atoms with van der Waals surface area (Å²) in [6.45, 7) is 3.38. The number of rotatable bonds is 4. The number of benzene rings is 1. The van der Waals surface area contributed by atoms with Crippen molar-refractivity contribution in [3.8, 4) is 0 Å². The van der Waals surface area contributed by atoms with E-state index >= 15 is 0 Å². The molecule has 2 heterocycles. The molecule has 0 spiro atoms. The molecule has 23 heavy (non-hydrogen) atoms. The summed E-state index contributed by atoms with van der Waals surface area (Å²) in [7, 11) is 0. The fraction of sp³-hybridized carbons (Fsp3) is 0.529. The number of nitrogens with zero attached hydrogens (tertiary/aromatic N) is 1. The van der Waals surface area contributed by atoms with Gasteiger partial charge in [-0.25, -0.2) is 0 Å². The zero-order chi connectivity index (χ0) is 15.4.